The molecule has 2 aromatic carbocycles. The van der Waals surface area contributed by atoms with Crippen LogP contribution in [0.15, 0.2) is 42.5 Å². The molecule has 2 aromatic rings. The van der Waals surface area contributed by atoms with Gasteiger partial charge in [0.05, 0.1) is 18.5 Å². The van der Waals surface area contributed by atoms with E-state index in [1.54, 1.807) is 18.1 Å². The molecule has 0 unspecified atom stereocenters. The number of amidine groups is 1. The molecule has 2 N–H and O–H groups in total. The maximum absolute atomic E-state index is 13.3. The monoisotopic (exact) mass is 487 g/mol. The number of anilines is 1. The molecule has 0 amide bonds. The highest BCUT2D eigenvalue weighted by atomic mass is 32.2. The van der Waals surface area contributed by atoms with Crippen molar-refractivity contribution in [3.63, 3.8) is 0 Å². The lowest BCUT2D eigenvalue weighted by Gasteiger charge is -2.22. The number of sulfonamides is 1. The summed E-state index contributed by atoms with van der Waals surface area (Å²) in [5, 5.41) is 19.4. The first-order valence-corrected chi connectivity index (χ1v) is 13.1. The molecule has 1 aliphatic heterocycles. The lowest BCUT2D eigenvalue weighted by Crippen LogP contribution is -2.32. The predicted molar refractivity (Wildman–Crippen MR) is 134 cm³/mol. The molecule has 0 spiro atoms. The van der Waals surface area contributed by atoms with Crippen LogP contribution in [0.4, 0.5) is 5.69 Å². The van der Waals surface area contributed by atoms with E-state index in [4.69, 9.17) is 10.1 Å². The molecular formula is C25H33N3O5S. The van der Waals surface area contributed by atoms with Crippen LogP contribution < -0.4 is 4.31 Å². The van der Waals surface area contributed by atoms with Gasteiger partial charge in [0.2, 0.25) is 10.0 Å². The minimum Gasteiger partial charge on any atom is -0.505 e. The number of Topliss-reactive ketones (excluding diaryl/α,β-unsaturated/α-hetero) is 1. The first-order chi connectivity index (χ1) is 16.1. The number of phenols is 1. The number of ether oxygens (including phenoxy) is 1. The van der Waals surface area contributed by atoms with Crippen molar-refractivity contribution in [2.24, 2.45) is 5.92 Å². The van der Waals surface area contributed by atoms with E-state index in [0.717, 1.165) is 22.5 Å². The van der Waals surface area contributed by atoms with E-state index in [-0.39, 0.29) is 35.6 Å². The van der Waals surface area contributed by atoms with Crippen LogP contribution in [0.1, 0.15) is 40.7 Å². The number of hydrogen-bond acceptors (Lipinski definition) is 6. The lowest BCUT2D eigenvalue weighted by molar-refractivity contribution is 0.0961. The van der Waals surface area contributed by atoms with Crippen LogP contribution in [0.25, 0.3) is 0 Å². The number of carbonyl (C=O) groups is 1. The van der Waals surface area contributed by atoms with Gasteiger partial charge in [-0.15, -0.1) is 0 Å². The number of ketones is 1. The number of nitrogens with zero attached hydrogens (tertiary/aromatic N) is 2. The van der Waals surface area contributed by atoms with Gasteiger partial charge in [0.1, 0.15) is 11.6 Å². The van der Waals surface area contributed by atoms with E-state index in [2.05, 4.69) is 0 Å². The van der Waals surface area contributed by atoms with Gasteiger partial charge < -0.3 is 14.7 Å². The van der Waals surface area contributed by atoms with Crippen LogP contribution in [-0.4, -0.2) is 70.2 Å². The fourth-order valence-corrected chi connectivity index (χ4v) is 4.96. The highest BCUT2D eigenvalue weighted by molar-refractivity contribution is 7.92. The maximum Gasteiger partial charge on any atom is 0.232 e. The first-order valence-electron chi connectivity index (χ1n) is 11.3. The van der Waals surface area contributed by atoms with Crippen LogP contribution in [-0.2, 0) is 21.2 Å². The van der Waals surface area contributed by atoms with E-state index in [0.29, 0.717) is 36.5 Å². The number of carbonyl (C=O) groups excluding carboxylic acids is 1. The molecule has 0 aliphatic carbocycles. The summed E-state index contributed by atoms with van der Waals surface area (Å²) in [6.07, 6.45) is 2.25. The predicted octanol–water partition coefficient (Wildman–Crippen LogP) is 3.26. The molecule has 1 saturated heterocycles. The van der Waals surface area contributed by atoms with Crippen LogP contribution in [0, 0.1) is 11.3 Å². The minimum absolute atomic E-state index is 0.00160. The Labute approximate surface area is 201 Å². The normalized spacial score (nSPS) is 18.4. The number of nitrogens with one attached hydrogen (secondary N) is 1. The zero-order chi connectivity index (χ0) is 25.0. The van der Waals surface area contributed by atoms with Gasteiger partial charge >= 0.3 is 0 Å². The Morgan fingerprint density at radius 3 is 2.53 bits per heavy atom. The standard InChI is InChI=1S/C25H33N3O5S/c1-5-17-13-20(14-21(24(17)30)27(2)34(4,31)32)22(29)16-28-15-19(11-12-33-3)23(25(28)26)18-9-7-6-8-10-18/h6-10,13-14,19,23,26,30H,5,11-12,15-16H2,1-4H3/t19-,23+/m0/s1. The van der Waals surface area contributed by atoms with E-state index in [9.17, 15) is 18.3 Å². The van der Waals surface area contributed by atoms with Crippen molar-refractivity contribution in [3.8, 4) is 5.75 Å². The SMILES string of the molecule is CCc1cc(C(=O)CN2C[C@H](CCOC)[C@@H](c3ccccc3)C2=N)cc(N(C)S(C)(=O)=O)c1O. The van der Waals surface area contributed by atoms with Crippen molar-refractivity contribution in [2.75, 3.05) is 44.4 Å². The molecule has 0 aromatic heterocycles. The highest BCUT2D eigenvalue weighted by Crippen LogP contribution is 2.37. The molecule has 3 rings (SSSR count). The average Bonchev–Trinajstić information content (AvgIpc) is 3.11. The summed E-state index contributed by atoms with van der Waals surface area (Å²) >= 11 is 0. The summed E-state index contributed by atoms with van der Waals surface area (Å²) in [5.41, 5.74) is 1.91. The van der Waals surface area contributed by atoms with Crippen molar-refractivity contribution < 1.29 is 23.1 Å². The smallest absolute Gasteiger partial charge is 0.232 e. The molecule has 0 radical (unpaired) electrons. The molecule has 1 aliphatic rings. The van der Waals surface area contributed by atoms with E-state index < -0.39 is 10.0 Å². The van der Waals surface area contributed by atoms with Crippen LogP contribution in [0.2, 0.25) is 0 Å². The van der Waals surface area contributed by atoms with Crippen molar-refractivity contribution in [1.82, 2.24) is 4.90 Å². The van der Waals surface area contributed by atoms with E-state index >= 15 is 0 Å². The Kier molecular flexibility index (Phi) is 7.99. The van der Waals surface area contributed by atoms with Gasteiger partial charge in [0, 0.05) is 38.8 Å². The lowest BCUT2D eigenvalue weighted by atomic mass is 9.86. The molecule has 184 valence electrons. The highest BCUT2D eigenvalue weighted by Gasteiger charge is 2.39. The van der Waals surface area contributed by atoms with Crippen molar-refractivity contribution in [3.05, 3.63) is 59.2 Å². The van der Waals surface area contributed by atoms with Crippen LogP contribution in [0.5, 0.6) is 5.75 Å². The second kappa shape index (κ2) is 10.6. The number of phenolic OH excluding ortho intramolecular Hbond substituents is 1. The molecule has 8 nitrogen and oxygen atoms in total. The largest absolute Gasteiger partial charge is 0.505 e. The van der Waals surface area contributed by atoms with Gasteiger partial charge in [-0.05, 0) is 42.0 Å². The average molecular weight is 488 g/mol. The summed E-state index contributed by atoms with van der Waals surface area (Å²) < 4.78 is 30.4. The fraction of sp³-hybridized carbons (Fsp3) is 0.440. The molecule has 1 heterocycles. The number of rotatable bonds is 10. The van der Waals surface area contributed by atoms with Gasteiger partial charge in [-0.25, -0.2) is 8.42 Å². The number of hydrogen-bond donors (Lipinski definition) is 2. The van der Waals surface area contributed by atoms with Gasteiger partial charge in [-0.3, -0.25) is 14.5 Å². The first kappa shape index (κ1) is 25.7. The van der Waals surface area contributed by atoms with Gasteiger partial charge in [0.25, 0.3) is 0 Å². The van der Waals surface area contributed by atoms with E-state index in [1.165, 1.54) is 13.1 Å². The Morgan fingerprint density at radius 2 is 1.94 bits per heavy atom. The molecule has 1 fully saturated rings. The third-order valence-corrected chi connectivity index (χ3v) is 7.65. The number of methoxy groups -OCH3 is 1. The third-order valence-electron chi connectivity index (χ3n) is 6.46. The Balaban J connectivity index is 1.89. The summed E-state index contributed by atoms with van der Waals surface area (Å²) in [7, 11) is -0.626. The molecular weight excluding hydrogens is 454 g/mol. The summed E-state index contributed by atoms with van der Waals surface area (Å²) in [5.74, 6) is 0.0257. The zero-order valence-electron chi connectivity index (χ0n) is 20.1. The molecule has 0 saturated carbocycles. The van der Waals surface area contributed by atoms with Crippen LogP contribution >= 0.6 is 0 Å². The summed E-state index contributed by atoms with van der Waals surface area (Å²) in [6.45, 7) is 2.96. The van der Waals surface area contributed by atoms with Crippen molar-refractivity contribution >= 4 is 27.3 Å². The Bertz CT molecular complexity index is 1150. The van der Waals surface area contributed by atoms with Gasteiger partial charge in [-0.2, -0.15) is 0 Å². The number of likely N-dealkylation sites (tertiary alicyclic amines) is 1. The number of benzene rings is 2. The van der Waals surface area contributed by atoms with Gasteiger partial charge in [0.15, 0.2) is 5.78 Å². The fourth-order valence-electron chi connectivity index (χ4n) is 4.47. The Hall–Kier alpha value is -2.91. The number of aromatic hydroxyl groups is 1. The molecule has 9 heteroatoms. The maximum atomic E-state index is 13.3. The second-order valence-corrected chi connectivity index (χ2v) is 10.7. The minimum atomic E-state index is -3.63. The summed E-state index contributed by atoms with van der Waals surface area (Å²) in [6, 6.07) is 12.9. The Morgan fingerprint density at radius 1 is 1.26 bits per heavy atom. The second-order valence-electron chi connectivity index (χ2n) is 8.71. The number of aryl methyl sites for hydroxylation is 1. The third kappa shape index (κ3) is 5.42. The van der Waals surface area contributed by atoms with Crippen molar-refractivity contribution in [1.29, 1.82) is 5.41 Å². The van der Waals surface area contributed by atoms with E-state index in [1.807, 2.05) is 37.3 Å². The summed E-state index contributed by atoms with van der Waals surface area (Å²) in [4.78, 5) is 15.1. The topological polar surface area (TPSA) is 111 Å². The molecule has 0 bridgehead atoms. The molecule has 34 heavy (non-hydrogen) atoms. The van der Waals surface area contributed by atoms with Crippen LogP contribution in [0.3, 0.4) is 0 Å². The van der Waals surface area contributed by atoms with Crippen molar-refractivity contribution in [2.45, 2.75) is 25.7 Å². The quantitative estimate of drug-likeness (QED) is 0.498. The van der Waals surface area contributed by atoms with Gasteiger partial charge in [-0.1, -0.05) is 37.3 Å². The zero-order valence-corrected chi connectivity index (χ0v) is 20.9. The molecule has 2 atom stereocenters.